The molecule has 0 atom stereocenters. The summed E-state index contributed by atoms with van der Waals surface area (Å²) in [6.45, 7) is 0.665. The average molecular weight is 231 g/mol. The van der Waals surface area contributed by atoms with Gasteiger partial charge in [0.25, 0.3) is 0 Å². The van der Waals surface area contributed by atoms with Crippen LogP contribution in [0.3, 0.4) is 0 Å². The molecule has 0 fully saturated rings. The molecular formula is C14H17NO2. The second-order valence-electron chi connectivity index (χ2n) is 3.93. The molecule has 3 heteroatoms. The fraction of sp³-hybridized carbons (Fsp3) is 0.286. The third kappa shape index (κ3) is 2.34. The lowest BCUT2D eigenvalue weighted by Crippen LogP contribution is -2.02. The monoisotopic (exact) mass is 231 g/mol. The maximum absolute atomic E-state index is 5.56. The van der Waals surface area contributed by atoms with E-state index in [0.717, 1.165) is 28.7 Å². The van der Waals surface area contributed by atoms with Gasteiger partial charge in [-0.2, -0.15) is 0 Å². The average Bonchev–Trinajstić information content (AvgIpc) is 2.37. The summed E-state index contributed by atoms with van der Waals surface area (Å²) in [7, 11) is 3.29. The molecule has 0 heterocycles. The Kier molecular flexibility index (Phi) is 3.49. The van der Waals surface area contributed by atoms with Crippen LogP contribution in [0.25, 0.3) is 10.8 Å². The minimum atomic E-state index is 0.665. The zero-order chi connectivity index (χ0) is 12.3. The smallest absolute Gasteiger partial charge is 0.161 e. The van der Waals surface area contributed by atoms with Crippen LogP contribution in [0.2, 0.25) is 0 Å². The third-order valence-electron chi connectivity index (χ3n) is 2.84. The Balaban J connectivity index is 2.54. The molecule has 0 aromatic heterocycles. The van der Waals surface area contributed by atoms with Crippen molar-refractivity contribution in [3.05, 3.63) is 35.9 Å². The number of benzene rings is 2. The molecule has 0 saturated heterocycles. The van der Waals surface area contributed by atoms with Crippen LogP contribution in [-0.4, -0.2) is 20.8 Å². The molecule has 0 spiro atoms. The molecule has 3 nitrogen and oxygen atoms in total. The molecule has 0 aliphatic carbocycles. The normalized spacial score (nSPS) is 10.5. The summed E-state index contributed by atoms with van der Waals surface area (Å²) < 4.78 is 10.6. The molecule has 90 valence electrons. The molecule has 0 aliphatic heterocycles. The van der Waals surface area contributed by atoms with Crippen molar-refractivity contribution in [3.8, 4) is 11.5 Å². The number of nitrogens with two attached hydrogens (primary N) is 1. The Bertz CT molecular complexity index is 523. The van der Waals surface area contributed by atoms with Gasteiger partial charge in [-0.3, -0.25) is 0 Å². The molecule has 2 N–H and O–H groups in total. The topological polar surface area (TPSA) is 44.5 Å². The van der Waals surface area contributed by atoms with Crippen molar-refractivity contribution in [3.63, 3.8) is 0 Å². The van der Waals surface area contributed by atoms with E-state index in [0.29, 0.717) is 6.54 Å². The predicted molar refractivity (Wildman–Crippen MR) is 69.8 cm³/mol. The van der Waals surface area contributed by atoms with Gasteiger partial charge in [-0.15, -0.1) is 0 Å². The highest BCUT2D eigenvalue weighted by atomic mass is 16.5. The molecule has 2 rings (SSSR count). The first-order valence-electron chi connectivity index (χ1n) is 5.63. The zero-order valence-electron chi connectivity index (χ0n) is 10.2. The van der Waals surface area contributed by atoms with E-state index in [4.69, 9.17) is 15.2 Å². The predicted octanol–water partition coefficient (Wildman–Crippen LogP) is 2.36. The number of fused-ring (bicyclic) bond motifs is 1. The van der Waals surface area contributed by atoms with Crippen molar-refractivity contribution in [1.29, 1.82) is 0 Å². The lowest BCUT2D eigenvalue weighted by atomic mass is 10.0. The van der Waals surface area contributed by atoms with Gasteiger partial charge < -0.3 is 15.2 Å². The molecule has 0 aliphatic rings. The molecule has 17 heavy (non-hydrogen) atoms. The van der Waals surface area contributed by atoms with Crippen LogP contribution >= 0.6 is 0 Å². The fourth-order valence-electron chi connectivity index (χ4n) is 1.95. The second kappa shape index (κ2) is 5.06. The molecule has 0 amide bonds. The van der Waals surface area contributed by atoms with Gasteiger partial charge in [0.1, 0.15) is 0 Å². The Morgan fingerprint density at radius 1 is 0.941 bits per heavy atom. The standard InChI is InChI=1S/C14H17NO2/c1-16-13-8-11-4-3-10(5-6-15)7-12(11)9-14(13)17-2/h3-4,7-9H,5-6,15H2,1-2H3. The van der Waals surface area contributed by atoms with Gasteiger partial charge in [-0.25, -0.2) is 0 Å². The molecular weight excluding hydrogens is 214 g/mol. The van der Waals surface area contributed by atoms with E-state index in [2.05, 4.69) is 18.2 Å². The summed E-state index contributed by atoms with van der Waals surface area (Å²) >= 11 is 0. The number of hydrogen-bond donors (Lipinski definition) is 1. The van der Waals surface area contributed by atoms with Crippen LogP contribution in [0.15, 0.2) is 30.3 Å². The highest BCUT2D eigenvalue weighted by Crippen LogP contribution is 2.32. The minimum absolute atomic E-state index is 0.665. The first kappa shape index (κ1) is 11.7. The van der Waals surface area contributed by atoms with Gasteiger partial charge in [-0.1, -0.05) is 18.2 Å². The number of methoxy groups -OCH3 is 2. The van der Waals surface area contributed by atoms with Gasteiger partial charge in [0, 0.05) is 0 Å². The van der Waals surface area contributed by atoms with E-state index in [9.17, 15) is 0 Å². The van der Waals surface area contributed by atoms with Crippen molar-refractivity contribution < 1.29 is 9.47 Å². The van der Waals surface area contributed by atoms with Gasteiger partial charge in [-0.05, 0) is 41.4 Å². The maximum atomic E-state index is 5.56. The lowest BCUT2D eigenvalue weighted by Gasteiger charge is -2.10. The lowest BCUT2D eigenvalue weighted by molar-refractivity contribution is 0.356. The SMILES string of the molecule is COc1cc2ccc(CCN)cc2cc1OC. The first-order chi connectivity index (χ1) is 8.28. The Hall–Kier alpha value is -1.74. The number of rotatable bonds is 4. The van der Waals surface area contributed by atoms with Gasteiger partial charge in [0.15, 0.2) is 11.5 Å². The largest absolute Gasteiger partial charge is 0.493 e. The van der Waals surface area contributed by atoms with Crippen molar-refractivity contribution in [2.45, 2.75) is 6.42 Å². The summed E-state index contributed by atoms with van der Waals surface area (Å²) in [5, 5.41) is 2.29. The number of hydrogen-bond acceptors (Lipinski definition) is 3. The van der Waals surface area contributed by atoms with Crippen molar-refractivity contribution in [2.24, 2.45) is 5.73 Å². The van der Waals surface area contributed by atoms with Gasteiger partial charge >= 0.3 is 0 Å². The summed E-state index contributed by atoms with van der Waals surface area (Å²) in [4.78, 5) is 0. The van der Waals surface area contributed by atoms with Crippen LogP contribution in [0, 0.1) is 0 Å². The molecule has 0 saturated carbocycles. The Morgan fingerprint density at radius 3 is 2.18 bits per heavy atom. The quantitative estimate of drug-likeness (QED) is 0.878. The molecule has 0 bridgehead atoms. The highest BCUT2D eigenvalue weighted by molar-refractivity contribution is 5.86. The van der Waals surface area contributed by atoms with E-state index in [1.54, 1.807) is 14.2 Å². The van der Waals surface area contributed by atoms with Crippen molar-refractivity contribution in [2.75, 3.05) is 20.8 Å². The molecule has 2 aromatic rings. The van der Waals surface area contributed by atoms with E-state index < -0.39 is 0 Å². The summed E-state index contributed by atoms with van der Waals surface area (Å²) in [6, 6.07) is 10.3. The Labute approximate surface area is 101 Å². The van der Waals surface area contributed by atoms with E-state index in [-0.39, 0.29) is 0 Å². The van der Waals surface area contributed by atoms with Crippen LogP contribution in [0.5, 0.6) is 11.5 Å². The third-order valence-corrected chi connectivity index (χ3v) is 2.84. The van der Waals surface area contributed by atoms with Crippen molar-refractivity contribution >= 4 is 10.8 Å². The van der Waals surface area contributed by atoms with Crippen LogP contribution in [0.4, 0.5) is 0 Å². The maximum Gasteiger partial charge on any atom is 0.161 e. The summed E-state index contributed by atoms with van der Waals surface area (Å²) in [5.41, 5.74) is 6.80. The number of ether oxygens (including phenoxy) is 2. The summed E-state index contributed by atoms with van der Waals surface area (Å²) in [6.07, 6.45) is 0.893. The molecule has 2 aromatic carbocycles. The zero-order valence-corrected chi connectivity index (χ0v) is 10.2. The van der Waals surface area contributed by atoms with E-state index in [1.165, 1.54) is 5.56 Å². The van der Waals surface area contributed by atoms with Crippen molar-refractivity contribution in [1.82, 2.24) is 0 Å². The molecule has 0 radical (unpaired) electrons. The van der Waals surface area contributed by atoms with Crippen LogP contribution < -0.4 is 15.2 Å². The Morgan fingerprint density at radius 2 is 1.59 bits per heavy atom. The minimum Gasteiger partial charge on any atom is -0.493 e. The van der Waals surface area contributed by atoms with E-state index in [1.807, 2.05) is 12.1 Å². The van der Waals surface area contributed by atoms with Crippen LogP contribution in [0.1, 0.15) is 5.56 Å². The van der Waals surface area contributed by atoms with E-state index >= 15 is 0 Å². The fourth-order valence-corrected chi connectivity index (χ4v) is 1.95. The highest BCUT2D eigenvalue weighted by Gasteiger charge is 2.06. The molecule has 0 unspecified atom stereocenters. The van der Waals surface area contributed by atoms with Gasteiger partial charge in [0.05, 0.1) is 14.2 Å². The second-order valence-corrected chi connectivity index (χ2v) is 3.93. The summed E-state index contributed by atoms with van der Waals surface area (Å²) in [5.74, 6) is 1.51. The van der Waals surface area contributed by atoms with Gasteiger partial charge in [0.2, 0.25) is 0 Å². The van der Waals surface area contributed by atoms with Crippen LogP contribution in [-0.2, 0) is 6.42 Å². The first-order valence-corrected chi connectivity index (χ1v) is 5.63.